The highest BCUT2D eigenvalue weighted by Gasteiger charge is 2.32. The van der Waals surface area contributed by atoms with Gasteiger partial charge in [-0.3, -0.25) is 0 Å². The molecular formula is C13H25NO. The highest BCUT2D eigenvalue weighted by Crippen LogP contribution is 2.35. The Kier molecular flexibility index (Phi) is 4.04. The first kappa shape index (κ1) is 11.4. The standard InChI is InChI=1S/C13H25NO/c1-11(15)8-10-14-9-4-6-12-5-2-3-7-13(12)14/h11-13,15H,2-10H2,1H3. The molecule has 1 N–H and O–H groups in total. The van der Waals surface area contributed by atoms with Crippen molar-refractivity contribution in [3.05, 3.63) is 0 Å². The van der Waals surface area contributed by atoms with Crippen molar-refractivity contribution in [2.75, 3.05) is 13.1 Å². The number of fused-ring (bicyclic) bond motifs is 1. The monoisotopic (exact) mass is 211 g/mol. The first-order chi connectivity index (χ1) is 7.27. The molecule has 3 unspecified atom stereocenters. The summed E-state index contributed by atoms with van der Waals surface area (Å²) in [7, 11) is 0. The smallest absolute Gasteiger partial charge is 0.0524 e. The van der Waals surface area contributed by atoms with Gasteiger partial charge in [0.05, 0.1) is 6.10 Å². The molecule has 1 saturated heterocycles. The first-order valence-corrected chi connectivity index (χ1v) is 6.69. The van der Waals surface area contributed by atoms with Crippen molar-refractivity contribution in [1.29, 1.82) is 0 Å². The molecule has 3 atom stereocenters. The van der Waals surface area contributed by atoms with Crippen molar-refractivity contribution in [2.24, 2.45) is 5.92 Å². The maximum atomic E-state index is 9.35. The number of likely N-dealkylation sites (tertiary alicyclic amines) is 1. The van der Waals surface area contributed by atoms with Crippen LogP contribution in [0.3, 0.4) is 0 Å². The summed E-state index contributed by atoms with van der Waals surface area (Å²) in [5, 5.41) is 9.35. The van der Waals surface area contributed by atoms with E-state index in [1.165, 1.54) is 45.1 Å². The van der Waals surface area contributed by atoms with Crippen molar-refractivity contribution in [3.8, 4) is 0 Å². The van der Waals surface area contributed by atoms with E-state index in [9.17, 15) is 5.11 Å². The SMILES string of the molecule is CC(O)CCN1CCCC2CCCCC21. The predicted octanol–water partition coefficient (Wildman–Crippen LogP) is 2.41. The van der Waals surface area contributed by atoms with Gasteiger partial charge in [0.25, 0.3) is 0 Å². The number of aliphatic hydroxyl groups is 1. The van der Waals surface area contributed by atoms with Crippen molar-refractivity contribution in [2.45, 2.75) is 64.0 Å². The molecule has 2 nitrogen and oxygen atoms in total. The van der Waals surface area contributed by atoms with Crippen molar-refractivity contribution >= 4 is 0 Å². The van der Waals surface area contributed by atoms with E-state index in [2.05, 4.69) is 4.90 Å². The summed E-state index contributed by atoms with van der Waals surface area (Å²) in [6, 6.07) is 0.853. The topological polar surface area (TPSA) is 23.5 Å². The lowest BCUT2D eigenvalue weighted by molar-refractivity contribution is 0.0481. The van der Waals surface area contributed by atoms with Crippen LogP contribution in [0.4, 0.5) is 0 Å². The van der Waals surface area contributed by atoms with Gasteiger partial charge in [0.2, 0.25) is 0 Å². The molecule has 88 valence electrons. The first-order valence-electron chi connectivity index (χ1n) is 6.69. The molecule has 2 aliphatic rings. The average Bonchev–Trinajstić information content (AvgIpc) is 2.26. The normalized spacial score (nSPS) is 34.8. The molecule has 1 saturated carbocycles. The molecule has 0 aromatic heterocycles. The van der Waals surface area contributed by atoms with Gasteiger partial charge in [0, 0.05) is 12.6 Å². The van der Waals surface area contributed by atoms with Gasteiger partial charge >= 0.3 is 0 Å². The van der Waals surface area contributed by atoms with Gasteiger partial charge in [-0.2, -0.15) is 0 Å². The number of nitrogens with zero attached hydrogens (tertiary/aromatic N) is 1. The van der Waals surface area contributed by atoms with Crippen LogP contribution in [0.25, 0.3) is 0 Å². The van der Waals surface area contributed by atoms with Gasteiger partial charge in [-0.25, -0.2) is 0 Å². The zero-order valence-electron chi connectivity index (χ0n) is 9.99. The third-order valence-electron chi connectivity index (χ3n) is 4.19. The van der Waals surface area contributed by atoms with E-state index < -0.39 is 0 Å². The van der Waals surface area contributed by atoms with Crippen molar-refractivity contribution in [3.63, 3.8) is 0 Å². The summed E-state index contributed by atoms with van der Waals surface area (Å²) >= 11 is 0. The summed E-state index contributed by atoms with van der Waals surface area (Å²) in [5.41, 5.74) is 0. The van der Waals surface area contributed by atoms with E-state index in [0.717, 1.165) is 24.9 Å². The van der Waals surface area contributed by atoms with Crippen LogP contribution >= 0.6 is 0 Å². The fraction of sp³-hybridized carbons (Fsp3) is 1.00. The van der Waals surface area contributed by atoms with E-state index in [4.69, 9.17) is 0 Å². The maximum Gasteiger partial charge on any atom is 0.0524 e. The second-order valence-corrected chi connectivity index (χ2v) is 5.43. The highest BCUT2D eigenvalue weighted by atomic mass is 16.3. The van der Waals surface area contributed by atoms with Gasteiger partial charge in [-0.15, -0.1) is 0 Å². The van der Waals surface area contributed by atoms with E-state index in [1.54, 1.807) is 0 Å². The Bertz CT molecular complexity index is 191. The molecule has 15 heavy (non-hydrogen) atoms. The third kappa shape index (κ3) is 2.94. The van der Waals surface area contributed by atoms with Crippen LogP contribution in [0.15, 0.2) is 0 Å². The minimum absolute atomic E-state index is 0.131. The molecule has 1 aliphatic heterocycles. The average molecular weight is 211 g/mol. The largest absolute Gasteiger partial charge is 0.393 e. The molecule has 2 heteroatoms. The summed E-state index contributed by atoms with van der Waals surface area (Å²) in [6.45, 7) is 4.29. The van der Waals surface area contributed by atoms with Crippen LogP contribution in [0, 0.1) is 5.92 Å². The third-order valence-corrected chi connectivity index (χ3v) is 4.19. The minimum atomic E-state index is -0.131. The fourth-order valence-corrected chi connectivity index (χ4v) is 3.36. The molecule has 0 radical (unpaired) electrons. The molecule has 0 amide bonds. The molecule has 0 spiro atoms. The molecular weight excluding hydrogens is 186 g/mol. The Hall–Kier alpha value is -0.0800. The quantitative estimate of drug-likeness (QED) is 0.775. The zero-order valence-corrected chi connectivity index (χ0v) is 9.99. The van der Waals surface area contributed by atoms with Crippen LogP contribution in [0.1, 0.15) is 51.9 Å². The Morgan fingerprint density at radius 1 is 1.20 bits per heavy atom. The highest BCUT2D eigenvalue weighted by molar-refractivity contribution is 4.87. The van der Waals surface area contributed by atoms with Gasteiger partial charge in [0.15, 0.2) is 0 Å². The molecule has 0 aromatic carbocycles. The van der Waals surface area contributed by atoms with Crippen LogP contribution < -0.4 is 0 Å². The van der Waals surface area contributed by atoms with Crippen molar-refractivity contribution in [1.82, 2.24) is 4.90 Å². The lowest BCUT2D eigenvalue weighted by Crippen LogP contribution is -2.47. The Morgan fingerprint density at radius 2 is 1.93 bits per heavy atom. The number of hydrogen-bond donors (Lipinski definition) is 1. The second kappa shape index (κ2) is 5.31. The Labute approximate surface area is 93.7 Å². The van der Waals surface area contributed by atoms with Gasteiger partial charge in [-0.05, 0) is 51.5 Å². The van der Waals surface area contributed by atoms with Crippen LogP contribution in [0.2, 0.25) is 0 Å². The Balaban J connectivity index is 1.86. The lowest BCUT2D eigenvalue weighted by atomic mass is 9.78. The molecule has 1 aliphatic carbocycles. The van der Waals surface area contributed by atoms with Crippen molar-refractivity contribution < 1.29 is 5.11 Å². The molecule has 2 fully saturated rings. The summed E-state index contributed by atoms with van der Waals surface area (Å²) in [6.07, 6.45) is 9.38. The number of aliphatic hydroxyl groups excluding tert-OH is 1. The lowest BCUT2D eigenvalue weighted by Gasteiger charge is -2.44. The minimum Gasteiger partial charge on any atom is -0.393 e. The van der Waals surface area contributed by atoms with Gasteiger partial charge < -0.3 is 10.0 Å². The summed E-state index contributed by atoms with van der Waals surface area (Å²) in [4.78, 5) is 2.65. The maximum absolute atomic E-state index is 9.35. The van der Waals surface area contributed by atoms with Crippen LogP contribution in [-0.4, -0.2) is 35.2 Å². The molecule has 0 aromatic rings. The summed E-state index contributed by atoms with van der Waals surface area (Å²) < 4.78 is 0. The van der Waals surface area contributed by atoms with Gasteiger partial charge in [-0.1, -0.05) is 12.8 Å². The second-order valence-electron chi connectivity index (χ2n) is 5.43. The molecule has 1 heterocycles. The Morgan fingerprint density at radius 3 is 2.73 bits per heavy atom. The summed E-state index contributed by atoms with van der Waals surface area (Å²) in [5.74, 6) is 0.974. The van der Waals surface area contributed by atoms with Gasteiger partial charge in [0.1, 0.15) is 0 Å². The van der Waals surface area contributed by atoms with E-state index in [-0.39, 0.29) is 6.10 Å². The number of rotatable bonds is 3. The number of hydrogen-bond acceptors (Lipinski definition) is 2. The fourth-order valence-electron chi connectivity index (χ4n) is 3.36. The van der Waals surface area contributed by atoms with E-state index >= 15 is 0 Å². The molecule has 0 bridgehead atoms. The number of piperidine rings is 1. The van der Waals surface area contributed by atoms with Crippen LogP contribution in [-0.2, 0) is 0 Å². The van der Waals surface area contributed by atoms with E-state index in [1.807, 2.05) is 6.92 Å². The predicted molar refractivity (Wildman–Crippen MR) is 62.9 cm³/mol. The zero-order chi connectivity index (χ0) is 10.7. The molecule has 2 rings (SSSR count). The van der Waals surface area contributed by atoms with E-state index in [0.29, 0.717) is 0 Å². The van der Waals surface area contributed by atoms with Crippen LogP contribution in [0.5, 0.6) is 0 Å².